The van der Waals surface area contributed by atoms with E-state index in [0.29, 0.717) is 5.92 Å². The zero-order valence-corrected chi connectivity index (χ0v) is 8.99. The monoisotopic (exact) mass is 207 g/mol. The highest BCUT2D eigenvalue weighted by Gasteiger charge is 2.38. The van der Waals surface area contributed by atoms with E-state index in [1.54, 1.807) is 6.20 Å². The molecule has 0 aliphatic heterocycles. The third-order valence-corrected chi connectivity index (χ3v) is 2.89. The van der Waals surface area contributed by atoms with Gasteiger partial charge in [0.15, 0.2) is 0 Å². The molecule has 2 rings (SSSR count). The number of carbonyl (C=O) groups is 1. The van der Waals surface area contributed by atoms with Gasteiger partial charge >= 0.3 is 0 Å². The van der Waals surface area contributed by atoms with Gasteiger partial charge < -0.3 is 10.3 Å². The number of hydrogen-bond donors (Lipinski definition) is 2. The first kappa shape index (κ1) is 10.2. The summed E-state index contributed by atoms with van der Waals surface area (Å²) in [5, 5.41) is 2.96. The van der Waals surface area contributed by atoms with Gasteiger partial charge in [0.05, 0.1) is 0 Å². The number of hydrogen-bond acceptors (Lipinski definition) is 2. The number of aryl methyl sites for hydroxylation is 1. The van der Waals surface area contributed by atoms with Crippen LogP contribution in [0.15, 0.2) is 12.4 Å². The van der Waals surface area contributed by atoms with Crippen LogP contribution in [0.5, 0.6) is 0 Å². The summed E-state index contributed by atoms with van der Waals surface area (Å²) in [6.07, 6.45) is 6.47. The van der Waals surface area contributed by atoms with Crippen LogP contribution >= 0.6 is 0 Å². The molecule has 0 spiro atoms. The number of imidazole rings is 1. The van der Waals surface area contributed by atoms with Gasteiger partial charge in [-0.1, -0.05) is 6.92 Å². The van der Waals surface area contributed by atoms with Gasteiger partial charge in [-0.2, -0.15) is 0 Å². The van der Waals surface area contributed by atoms with Gasteiger partial charge in [0.1, 0.15) is 5.82 Å². The molecule has 1 aliphatic carbocycles. The number of aromatic amines is 1. The fraction of sp³-hybridized carbons (Fsp3) is 0.636. The van der Waals surface area contributed by atoms with E-state index in [2.05, 4.69) is 22.2 Å². The lowest BCUT2D eigenvalue weighted by atomic mass is 10.3. The number of carbonyl (C=O) groups excluding carboxylic acids is 1. The Balaban J connectivity index is 1.57. The normalized spacial score (nSPS) is 23.8. The predicted octanol–water partition coefficient (Wildman–Crippen LogP) is 1.11. The van der Waals surface area contributed by atoms with Gasteiger partial charge in [0.2, 0.25) is 5.91 Å². The van der Waals surface area contributed by atoms with E-state index >= 15 is 0 Å². The van der Waals surface area contributed by atoms with Crippen molar-refractivity contribution >= 4 is 5.91 Å². The number of aromatic nitrogens is 2. The van der Waals surface area contributed by atoms with Crippen molar-refractivity contribution < 1.29 is 4.79 Å². The third-order valence-electron chi connectivity index (χ3n) is 2.89. The summed E-state index contributed by atoms with van der Waals surface area (Å²) < 4.78 is 0. The van der Waals surface area contributed by atoms with Crippen molar-refractivity contribution in [2.45, 2.75) is 26.2 Å². The summed E-state index contributed by atoms with van der Waals surface area (Å²) >= 11 is 0. The summed E-state index contributed by atoms with van der Waals surface area (Å²) in [5.74, 6) is 2.09. The molecular formula is C11H17N3O. The SMILES string of the molecule is CC1CC1C(=O)NCCCc1ncc[nH]1. The van der Waals surface area contributed by atoms with Gasteiger partial charge in [-0.15, -0.1) is 0 Å². The standard InChI is InChI=1S/C11H17N3O/c1-8-7-9(8)11(15)14-4-2-3-10-12-5-6-13-10/h5-6,8-9H,2-4,7H2,1H3,(H,12,13)(H,14,15). The van der Waals surface area contributed by atoms with E-state index in [-0.39, 0.29) is 11.8 Å². The Kier molecular flexibility index (Phi) is 3.04. The molecule has 2 atom stereocenters. The topological polar surface area (TPSA) is 57.8 Å². The third kappa shape index (κ3) is 2.81. The molecule has 4 nitrogen and oxygen atoms in total. The second kappa shape index (κ2) is 4.47. The minimum atomic E-state index is 0.224. The zero-order valence-electron chi connectivity index (χ0n) is 8.99. The zero-order chi connectivity index (χ0) is 10.7. The molecule has 82 valence electrons. The lowest BCUT2D eigenvalue weighted by Gasteiger charge is -2.02. The molecule has 1 fully saturated rings. The van der Waals surface area contributed by atoms with Crippen molar-refractivity contribution in [3.8, 4) is 0 Å². The first-order valence-electron chi connectivity index (χ1n) is 5.53. The van der Waals surface area contributed by atoms with Gasteiger partial charge in [-0.25, -0.2) is 4.98 Å². The van der Waals surface area contributed by atoms with E-state index in [1.165, 1.54) is 0 Å². The van der Waals surface area contributed by atoms with E-state index in [0.717, 1.165) is 31.6 Å². The molecule has 15 heavy (non-hydrogen) atoms. The fourth-order valence-corrected chi connectivity index (χ4v) is 1.72. The summed E-state index contributed by atoms with van der Waals surface area (Å²) in [4.78, 5) is 18.6. The van der Waals surface area contributed by atoms with Crippen molar-refractivity contribution in [2.24, 2.45) is 11.8 Å². The van der Waals surface area contributed by atoms with Crippen LogP contribution in [0.25, 0.3) is 0 Å². The van der Waals surface area contributed by atoms with Crippen LogP contribution in [0.1, 0.15) is 25.6 Å². The smallest absolute Gasteiger partial charge is 0.223 e. The maximum absolute atomic E-state index is 11.4. The summed E-state index contributed by atoms with van der Waals surface area (Å²) in [5.41, 5.74) is 0. The maximum Gasteiger partial charge on any atom is 0.223 e. The Hall–Kier alpha value is -1.32. The quantitative estimate of drug-likeness (QED) is 0.711. The van der Waals surface area contributed by atoms with Crippen molar-refractivity contribution in [1.29, 1.82) is 0 Å². The lowest BCUT2D eigenvalue weighted by molar-refractivity contribution is -0.122. The average molecular weight is 207 g/mol. The lowest BCUT2D eigenvalue weighted by Crippen LogP contribution is -2.26. The molecule has 2 N–H and O–H groups in total. The molecule has 1 saturated carbocycles. The maximum atomic E-state index is 11.4. The van der Waals surface area contributed by atoms with Crippen LogP contribution in [-0.4, -0.2) is 22.4 Å². The van der Waals surface area contributed by atoms with Gasteiger partial charge in [-0.3, -0.25) is 4.79 Å². The summed E-state index contributed by atoms with van der Waals surface area (Å²) in [6, 6.07) is 0. The Bertz CT molecular complexity index is 321. The molecule has 0 radical (unpaired) electrons. The minimum Gasteiger partial charge on any atom is -0.356 e. The number of H-pyrrole nitrogens is 1. The Morgan fingerprint density at radius 3 is 3.13 bits per heavy atom. The van der Waals surface area contributed by atoms with Gasteiger partial charge in [-0.05, 0) is 18.8 Å². The molecule has 1 amide bonds. The second-order valence-electron chi connectivity index (χ2n) is 4.25. The Morgan fingerprint density at radius 2 is 2.53 bits per heavy atom. The van der Waals surface area contributed by atoms with Crippen LogP contribution < -0.4 is 5.32 Å². The largest absolute Gasteiger partial charge is 0.356 e. The first-order chi connectivity index (χ1) is 7.27. The van der Waals surface area contributed by atoms with Crippen LogP contribution in [0.3, 0.4) is 0 Å². The van der Waals surface area contributed by atoms with E-state index in [1.807, 2.05) is 6.20 Å². The van der Waals surface area contributed by atoms with Crippen molar-refractivity contribution in [3.05, 3.63) is 18.2 Å². The first-order valence-corrected chi connectivity index (χ1v) is 5.53. The predicted molar refractivity (Wildman–Crippen MR) is 57.2 cm³/mol. The number of rotatable bonds is 5. The highest BCUT2D eigenvalue weighted by atomic mass is 16.2. The fourth-order valence-electron chi connectivity index (χ4n) is 1.72. The second-order valence-corrected chi connectivity index (χ2v) is 4.25. The number of nitrogens with one attached hydrogen (secondary N) is 2. The van der Waals surface area contributed by atoms with Crippen LogP contribution in [-0.2, 0) is 11.2 Å². The number of nitrogens with zero attached hydrogens (tertiary/aromatic N) is 1. The van der Waals surface area contributed by atoms with Crippen molar-refractivity contribution in [2.75, 3.05) is 6.54 Å². The average Bonchev–Trinajstić information content (AvgIpc) is 2.77. The molecule has 1 heterocycles. The van der Waals surface area contributed by atoms with E-state index in [4.69, 9.17) is 0 Å². The van der Waals surface area contributed by atoms with Crippen LogP contribution in [0.2, 0.25) is 0 Å². The highest BCUT2D eigenvalue weighted by Crippen LogP contribution is 2.37. The van der Waals surface area contributed by atoms with E-state index < -0.39 is 0 Å². The van der Waals surface area contributed by atoms with Gasteiger partial charge in [0.25, 0.3) is 0 Å². The molecule has 2 unspecified atom stereocenters. The summed E-state index contributed by atoms with van der Waals surface area (Å²) in [7, 11) is 0. The molecule has 1 aromatic rings. The Morgan fingerprint density at radius 1 is 1.73 bits per heavy atom. The molecule has 4 heteroatoms. The molecule has 1 aliphatic rings. The van der Waals surface area contributed by atoms with Crippen molar-refractivity contribution in [1.82, 2.24) is 15.3 Å². The van der Waals surface area contributed by atoms with Crippen LogP contribution in [0.4, 0.5) is 0 Å². The van der Waals surface area contributed by atoms with E-state index in [9.17, 15) is 4.79 Å². The number of amides is 1. The van der Waals surface area contributed by atoms with Crippen molar-refractivity contribution in [3.63, 3.8) is 0 Å². The highest BCUT2D eigenvalue weighted by molar-refractivity contribution is 5.81. The Labute approximate surface area is 89.5 Å². The van der Waals surface area contributed by atoms with Gasteiger partial charge in [0, 0.05) is 31.3 Å². The molecule has 0 saturated heterocycles. The minimum absolute atomic E-state index is 0.224. The van der Waals surface area contributed by atoms with Crippen LogP contribution in [0, 0.1) is 11.8 Å². The molecule has 0 bridgehead atoms. The molecule has 1 aromatic heterocycles. The molecular weight excluding hydrogens is 190 g/mol. The molecule has 0 aromatic carbocycles. The summed E-state index contributed by atoms with van der Waals surface area (Å²) in [6.45, 7) is 2.87.